The number of amides is 1. The van der Waals surface area contributed by atoms with Crippen LogP contribution in [0.15, 0.2) is 35.0 Å². The summed E-state index contributed by atoms with van der Waals surface area (Å²) in [7, 11) is 0. The van der Waals surface area contributed by atoms with Gasteiger partial charge >= 0.3 is 5.97 Å². The van der Waals surface area contributed by atoms with Crippen LogP contribution in [0.3, 0.4) is 0 Å². The summed E-state index contributed by atoms with van der Waals surface area (Å²) in [5.41, 5.74) is 0. The molecule has 1 unspecified atom stereocenters. The molecule has 1 amide bonds. The Hall–Kier alpha value is -2.57. The van der Waals surface area contributed by atoms with Crippen molar-refractivity contribution in [3.63, 3.8) is 0 Å². The predicted octanol–water partition coefficient (Wildman–Crippen LogP) is 1.44. The number of carboxylic acid groups (broad SMARTS) is 1. The molecule has 2 aromatic rings. The molecule has 7 heteroatoms. The maximum atomic E-state index is 11.8. The quantitative estimate of drug-likeness (QED) is 0.832. The fourth-order valence-corrected chi connectivity index (χ4v) is 1.75. The smallest absolute Gasteiger partial charge is 0.371 e. The number of hydrogen-bond acceptors (Lipinski definition) is 4. The molecule has 0 spiro atoms. The van der Waals surface area contributed by atoms with Crippen molar-refractivity contribution in [1.82, 2.24) is 15.1 Å². The number of carbonyl (C=O) groups is 2. The van der Waals surface area contributed by atoms with Crippen LogP contribution in [0.1, 0.15) is 35.7 Å². The van der Waals surface area contributed by atoms with E-state index >= 15 is 0 Å². The Labute approximate surface area is 115 Å². The average molecular weight is 277 g/mol. The van der Waals surface area contributed by atoms with Crippen molar-refractivity contribution in [2.24, 2.45) is 0 Å². The van der Waals surface area contributed by atoms with E-state index in [0.717, 1.165) is 0 Å². The van der Waals surface area contributed by atoms with Gasteiger partial charge in [-0.15, -0.1) is 0 Å². The third-order valence-corrected chi connectivity index (χ3v) is 2.79. The van der Waals surface area contributed by atoms with Gasteiger partial charge in [-0.05, 0) is 25.1 Å². The van der Waals surface area contributed by atoms with Crippen molar-refractivity contribution in [3.05, 3.63) is 42.1 Å². The van der Waals surface area contributed by atoms with Crippen molar-refractivity contribution in [2.75, 3.05) is 0 Å². The third-order valence-electron chi connectivity index (χ3n) is 2.79. The average Bonchev–Trinajstić information content (AvgIpc) is 3.07. The molecule has 0 aliphatic heterocycles. The first-order chi connectivity index (χ1) is 9.56. The van der Waals surface area contributed by atoms with Crippen LogP contribution in [0.25, 0.3) is 0 Å². The zero-order valence-corrected chi connectivity index (χ0v) is 10.9. The molecule has 20 heavy (non-hydrogen) atoms. The van der Waals surface area contributed by atoms with E-state index in [1.807, 2.05) is 6.92 Å². The fraction of sp³-hybridized carbons (Fsp3) is 0.308. The number of nitrogens with zero attached hydrogens (tertiary/aromatic N) is 2. The number of carbonyl (C=O) groups excluding carboxylic acids is 1. The van der Waals surface area contributed by atoms with E-state index in [1.54, 1.807) is 23.1 Å². The molecule has 0 fully saturated rings. The summed E-state index contributed by atoms with van der Waals surface area (Å²) in [6.07, 6.45) is 3.74. The second kappa shape index (κ2) is 6.05. The van der Waals surface area contributed by atoms with Crippen LogP contribution in [0.2, 0.25) is 0 Å². The predicted molar refractivity (Wildman–Crippen MR) is 69.1 cm³/mol. The Morgan fingerprint density at radius 3 is 2.90 bits per heavy atom. The van der Waals surface area contributed by atoms with Gasteiger partial charge in [-0.25, -0.2) is 4.79 Å². The Kier molecular flexibility index (Phi) is 4.19. The first-order valence-corrected chi connectivity index (χ1v) is 6.14. The van der Waals surface area contributed by atoms with Crippen LogP contribution in [0, 0.1) is 0 Å². The molecular weight excluding hydrogens is 262 g/mol. The first-order valence-electron chi connectivity index (χ1n) is 6.14. The lowest BCUT2D eigenvalue weighted by atomic mass is 10.2. The minimum Gasteiger partial charge on any atom is -0.475 e. The minimum absolute atomic E-state index is 0.0452. The third kappa shape index (κ3) is 3.47. The monoisotopic (exact) mass is 277 g/mol. The lowest BCUT2D eigenvalue weighted by Crippen LogP contribution is -2.25. The van der Waals surface area contributed by atoms with E-state index in [2.05, 4.69) is 10.4 Å². The summed E-state index contributed by atoms with van der Waals surface area (Å²) in [4.78, 5) is 22.4. The lowest BCUT2D eigenvalue weighted by molar-refractivity contribution is -0.122. The molecule has 0 bridgehead atoms. The normalized spacial score (nSPS) is 12.1. The van der Waals surface area contributed by atoms with Crippen LogP contribution in [-0.4, -0.2) is 26.8 Å². The summed E-state index contributed by atoms with van der Waals surface area (Å²) >= 11 is 0. The van der Waals surface area contributed by atoms with Crippen LogP contribution in [-0.2, 0) is 11.3 Å². The van der Waals surface area contributed by atoms with Crippen molar-refractivity contribution in [2.45, 2.75) is 25.9 Å². The van der Waals surface area contributed by atoms with E-state index in [1.165, 1.54) is 12.1 Å². The summed E-state index contributed by atoms with van der Waals surface area (Å²) in [5, 5.41) is 15.4. The summed E-state index contributed by atoms with van der Waals surface area (Å²) < 4.78 is 6.74. The maximum Gasteiger partial charge on any atom is 0.371 e. The van der Waals surface area contributed by atoms with Crippen molar-refractivity contribution < 1.29 is 19.1 Å². The fourth-order valence-electron chi connectivity index (χ4n) is 1.75. The van der Waals surface area contributed by atoms with Gasteiger partial charge in [-0.3, -0.25) is 9.48 Å². The number of aromatic carboxylic acids is 1. The first kappa shape index (κ1) is 13.9. The molecule has 2 aromatic heterocycles. The van der Waals surface area contributed by atoms with Gasteiger partial charge in [0.2, 0.25) is 11.7 Å². The number of carboxylic acids is 1. The van der Waals surface area contributed by atoms with Gasteiger partial charge in [0.1, 0.15) is 5.76 Å². The highest BCUT2D eigenvalue weighted by Gasteiger charge is 2.12. The second-order valence-corrected chi connectivity index (χ2v) is 4.39. The van der Waals surface area contributed by atoms with Crippen LogP contribution in [0.4, 0.5) is 0 Å². The number of aromatic nitrogens is 2. The molecule has 0 aromatic carbocycles. The molecule has 1 atom stereocenters. The molecule has 0 aliphatic rings. The van der Waals surface area contributed by atoms with Gasteiger partial charge in [0.25, 0.3) is 0 Å². The SMILES string of the molecule is CC(CC(=O)NCc1ccc(C(=O)O)o1)n1cccn1. The maximum absolute atomic E-state index is 11.8. The molecule has 0 saturated carbocycles. The van der Waals surface area contributed by atoms with E-state index in [0.29, 0.717) is 5.76 Å². The molecule has 7 nitrogen and oxygen atoms in total. The van der Waals surface area contributed by atoms with Gasteiger partial charge in [0, 0.05) is 18.8 Å². The molecule has 0 aliphatic carbocycles. The topological polar surface area (TPSA) is 97.4 Å². The van der Waals surface area contributed by atoms with Crippen LogP contribution in [0.5, 0.6) is 0 Å². The van der Waals surface area contributed by atoms with Gasteiger partial charge in [-0.1, -0.05) is 0 Å². The summed E-state index contributed by atoms with van der Waals surface area (Å²) in [6.45, 7) is 2.06. The summed E-state index contributed by atoms with van der Waals surface area (Å²) in [5.74, 6) is -1.02. The molecule has 2 rings (SSSR count). The lowest BCUT2D eigenvalue weighted by Gasteiger charge is -2.11. The highest BCUT2D eigenvalue weighted by molar-refractivity contribution is 5.84. The van der Waals surface area contributed by atoms with Crippen molar-refractivity contribution >= 4 is 11.9 Å². The number of nitrogens with one attached hydrogen (secondary N) is 1. The highest BCUT2D eigenvalue weighted by atomic mass is 16.4. The molecular formula is C13H15N3O4. The number of hydrogen-bond donors (Lipinski definition) is 2. The van der Waals surface area contributed by atoms with Gasteiger partial charge in [0.15, 0.2) is 0 Å². The van der Waals surface area contributed by atoms with E-state index in [-0.39, 0.29) is 30.7 Å². The van der Waals surface area contributed by atoms with Gasteiger partial charge in [0.05, 0.1) is 12.6 Å². The van der Waals surface area contributed by atoms with Crippen molar-refractivity contribution in [3.8, 4) is 0 Å². The van der Waals surface area contributed by atoms with Gasteiger partial charge < -0.3 is 14.8 Å². The standard InChI is InChI=1S/C13H15N3O4/c1-9(16-6-2-5-15-16)7-12(17)14-8-10-3-4-11(20-10)13(18)19/h2-6,9H,7-8H2,1H3,(H,14,17)(H,18,19). The molecule has 0 radical (unpaired) electrons. The zero-order valence-electron chi connectivity index (χ0n) is 10.9. The van der Waals surface area contributed by atoms with E-state index in [9.17, 15) is 9.59 Å². The molecule has 2 heterocycles. The Morgan fingerprint density at radius 1 is 1.50 bits per heavy atom. The number of furan rings is 1. The van der Waals surface area contributed by atoms with Crippen LogP contribution < -0.4 is 5.32 Å². The Balaban J connectivity index is 1.81. The van der Waals surface area contributed by atoms with E-state index in [4.69, 9.17) is 9.52 Å². The van der Waals surface area contributed by atoms with Crippen molar-refractivity contribution in [1.29, 1.82) is 0 Å². The molecule has 0 saturated heterocycles. The highest BCUT2D eigenvalue weighted by Crippen LogP contribution is 2.10. The van der Waals surface area contributed by atoms with Gasteiger partial charge in [-0.2, -0.15) is 5.10 Å². The molecule has 2 N–H and O–H groups in total. The second-order valence-electron chi connectivity index (χ2n) is 4.39. The van der Waals surface area contributed by atoms with E-state index < -0.39 is 5.97 Å². The Bertz CT molecular complexity index is 589. The molecule has 106 valence electrons. The minimum atomic E-state index is -1.13. The zero-order chi connectivity index (χ0) is 14.5. The Morgan fingerprint density at radius 2 is 2.30 bits per heavy atom. The summed E-state index contributed by atoms with van der Waals surface area (Å²) in [6, 6.07) is 4.64. The largest absolute Gasteiger partial charge is 0.475 e. The number of rotatable bonds is 6. The van der Waals surface area contributed by atoms with Crippen LogP contribution >= 0.6 is 0 Å².